The van der Waals surface area contributed by atoms with Gasteiger partial charge in [-0.1, -0.05) is 18.7 Å². The Kier molecular flexibility index (Phi) is 4.35. The molecule has 0 aromatic carbocycles. The lowest BCUT2D eigenvalue weighted by Gasteiger charge is -2.24. The Hall–Kier alpha value is 0.100. The van der Waals surface area contributed by atoms with Crippen LogP contribution < -0.4 is 5.32 Å². The Labute approximate surface area is 93.2 Å². The molecule has 1 rings (SSSR count). The molecule has 0 aromatic heterocycles. The fraction of sp³-hybridized carbons (Fsp3) is 1.00. The van der Waals surface area contributed by atoms with Gasteiger partial charge in [0, 0.05) is 11.8 Å². The van der Waals surface area contributed by atoms with Crippen molar-refractivity contribution in [2.75, 3.05) is 12.8 Å². The van der Waals surface area contributed by atoms with E-state index >= 15 is 0 Å². The zero-order chi connectivity index (χ0) is 11.5. The lowest BCUT2D eigenvalue weighted by atomic mass is 9.86. The zero-order valence-corrected chi connectivity index (χ0v) is 9.97. The summed E-state index contributed by atoms with van der Waals surface area (Å²) in [6, 6.07) is 0.492. The van der Waals surface area contributed by atoms with Crippen LogP contribution in [-0.4, -0.2) is 24.4 Å². The number of thioether (sulfide) groups is 1. The van der Waals surface area contributed by atoms with Gasteiger partial charge in [0.15, 0.2) is 0 Å². The SMILES string of the molecule is CNC1CCC(C)(CCSC(F)(F)F)C1. The fourth-order valence-corrected chi connectivity index (χ4v) is 3.03. The molecule has 90 valence electrons. The van der Waals surface area contributed by atoms with Crippen molar-refractivity contribution in [2.24, 2.45) is 5.41 Å². The van der Waals surface area contributed by atoms with Crippen molar-refractivity contribution in [2.45, 2.75) is 44.2 Å². The highest BCUT2D eigenvalue weighted by Gasteiger charge is 2.35. The van der Waals surface area contributed by atoms with E-state index in [9.17, 15) is 13.2 Å². The maximum Gasteiger partial charge on any atom is 0.441 e. The van der Waals surface area contributed by atoms with Gasteiger partial charge in [-0.3, -0.25) is 0 Å². The van der Waals surface area contributed by atoms with Gasteiger partial charge in [0.2, 0.25) is 0 Å². The molecular weight excluding hydrogens is 223 g/mol. The number of nitrogens with one attached hydrogen (secondary N) is 1. The van der Waals surface area contributed by atoms with Crippen LogP contribution in [0, 0.1) is 5.41 Å². The first-order chi connectivity index (χ1) is 6.85. The summed E-state index contributed by atoms with van der Waals surface area (Å²) < 4.78 is 35.8. The molecule has 0 saturated heterocycles. The van der Waals surface area contributed by atoms with Crippen molar-refractivity contribution < 1.29 is 13.2 Å². The minimum Gasteiger partial charge on any atom is -0.317 e. The average molecular weight is 241 g/mol. The molecule has 1 N–H and O–H groups in total. The third-order valence-electron chi connectivity index (χ3n) is 3.22. The molecule has 0 radical (unpaired) electrons. The van der Waals surface area contributed by atoms with Gasteiger partial charge < -0.3 is 5.32 Å². The second kappa shape index (κ2) is 4.95. The van der Waals surface area contributed by atoms with E-state index in [0.717, 1.165) is 19.3 Å². The van der Waals surface area contributed by atoms with E-state index in [1.807, 2.05) is 7.05 Å². The molecule has 5 heteroatoms. The van der Waals surface area contributed by atoms with E-state index in [4.69, 9.17) is 0 Å². The average Bonchev–Trinajstić information content (AvgIpc) is 2.45. The smallest absolute Gasteiger partial charge is 0.317 e. The molecule has 1 nitrogen and oxygen atoms in total. The lowest BCUT2D eigenvalue weighted by Crippen LogP contribution is -2.24. The molecule has 15 heavy (non-hydrogen) atoms. The molecule has 1 aliphatic rings. The quantitative estimate of drug-likeness (QED) is 0.809. The topological polar surface area (TPSA) is 12.0 Å². The summed E-state index contributed by atoms with van der Waals surface area (Å²) >= 11 is 0.107. The van der Waals surface area contributed by atoms with Gasteiger partial charge in [0.05, 0.1) is 0 Å². The normalized spacial score (nSPS) is 32.2. The minimum atomic E-state index is -4.07. The Balaban J connectivity index is 2.26. The minimum absolute atomic E-state index is 0.103. The van der Waals surface area contributed by atoms with Crippen molar-refractivity contribution in [1.29, 1.82) is 0 Å². The Bertz CT molecular complexity index is 207. The van der Waals surface area contributed by atoms with Gasteiger partial charge >= 0.3 is 5.51 Å². The Morgan fingerprint density at radius 3 is 2.60 bits per heavy atom. The molecule has 0 aliphatic heterocycles. The molecule has 0 spiro atoms. The second-order valence-electron chi connectivity index (χ2n) is 4.58. The van der Waals surface area contributed by atoms with Crippen LogP contribution in [0.4, 0.5) is 13.2 Å². The first-order valence-electron chi connectivity index (χ1n) is 5.23. The van der Waals surface area contributed by atoms with Crippen LogP contribution in [0.2, 0.25) is 0 Å². The molecule has 1 fully saturated rings. The van der Waals surface area contributed by atoms with Gasteiger partial charge in [-0.15, -0.1) is 0 Å². The van der Waals surface area contributed by atoms with Crippen LogP contribution >= 0.6 is 11.8 Å². The molecule has 2 unspecified atom stereocenters. The first kappa shape index (κ1) is 13.2. The predicted octanol–water partition coefficient (Wildman–Crippen LogP) is 3.41. The van der Waals surface area contributed by atoms with Gasteiger partial charge in [0.1, 0.15) is 0 Å². The number of hydrogen-bond donors (Lipinski definition) is 1. The van der Waals surface area contributed by atoms with E-state index < -0.39 is 5.51 Å². The highest BCUT2D eigenvalue weighted by Crippen LogP contribution is 2.43. The van der Waals surface area contributed by atoms with Gasteiger partial charge in [-0.05, 0) is 38.1 Å². The highest BCUT2D eigenvalue weighted by atomic mass is 32.2. The molecular formula is C10H18F3NS. The summed E-state index contributed by atoms with van der Waals surface area (Å²) in [5, 5.41) is 3.20. The maximum absolute atomic E-state index is 11.9. The summed E-state index contributed by atoms with van der Waals surface area (Å²) in [4.78, 5) is 0. The van der Waals surface area contributed by atoms with Crippen molar-refractivity contribution >= 4 is 11.8 Å². The van der Waals surface area contributed by atoms with E-state index in [1.165, 1.54) is 0 Å². The van der Waals surface area contributed by atoms with E-state index in [2.05, 4.69) is 12.2 Å². The summed E-state index contributed by atoms with van der Waals surface area (Å²) in [5.41, 5.74) is -3.97. The van der Waals surface area contributed by atoms with E-state index in [0.29, 0.717) is 12.5 Å². The molecule has 0 heterocycles. The molecule has 0 aromatic rings. The van der Waals surface area contributed by atoms with Crippen molar-refractivity contribution in [3.63, 3.8) is 0 Å². The van der Waals surface area contributed by atoms with Crippen LogP contribution in [0.1, 0.15) is 32.6 Å². The molecule has 2 atom stereocenters. The van der Waals surface area contributed by atoms with E-state index in [1.54, 1.807) is 0 Å². The van der Waals surface area contributed by atoms with Gasteiger partial charge in [-0.25, -0.2) is 0 Å². The fourth-order valence-electron chi connectivity index (χ4n) is 2.21. The third kappa shape index (κ3) is 4.64. The molecule has 1 aliphatic carbocycles. The standard InChI is InChI=1S/C10H18F3NS/c1-9(4-3-8(7-9)14-2)5-6-15-10(11,12)13/h8,14H,3-7H2,1-2H3. The summed E-state index contributed by atoms with van der Waals surface area (Å²) in [6.07, 6.45) is 3.79. The largest absolute Gasteiger partial charge is 0.441 e. The summed E-state index contributed by atoms with van der Waals surface area (Å²) in [6.45, 7) is 2.10. The van der Waals surface area contributed by atoms with Crippen LogP contribution in [0.15, 0.2) is 0 Å². The monoisotopic (exact) mass is 241 g/mol. The van der Waals surface area contributed by atoms with Crippen molar-refractivity contribution in [1.82, 2.24) is 5.32 Å². The third-order valence-corrected chi connectivity index (χ3v) is 3.95. The van der Waals surface area contributed by atoms with Crippen LogP contribution in [0.5, 0.6) is 0 Å². The Morgan fingerprint density at radius 1 is 1.47 bits per heavy atom. The predicted molar refractivity (Wildman–Crippen MR) is 57.9 cm³/mol. The van der Waals surface area contributed by atoms with Gasteiger partial charge in [-0.2, -0.15) is 13.2 Å². The number of alkyl halides is 3. The maximum atomic E-state index is 11.9. The summed E-state index contributed by atoms with van der Waals surface area (Å²) in [5.74, 6) is 0.191. The number of hydrogen-bond acceptors (Lipinski definition) is 2. The molecule has 0 amide bonds. The number of halogens is 3. The second-order valence-corrected chi connectivity index (χ2v) is 5.74. The molecule has 1 saturated carbocycles. The van der Waals surface area contributed by atoms with Gasteiger partial charge in [0.25, 0.3) is 0 Å². The van der Waals surface area contributed by atoms with Crippen LogP contribution in [0.25, 0.3) is 0 Å². The first-order valence-corrected chi connectivity index (χ1v) is 6.21. The number of rotatable bonds is 4. The van der Waals surface area contributed by atoms with Crippen molar-refractivity contribution in [3.05, 3.63) is 0 Å². The lowest BCUT2D eigenvalue weighted by molar-refractivity contribution is -0.0329. The molecule has 0 bridgehead atoms. The zero-order valence-electron chi connectivity index (χ0n) is 9.16. The highest BCUT2D eigenvalue weighted by molar-refractivity contribution is 8.00. The Morgan fingerprint density at radius 2 is 2.13 bits per heavy atom. The van der Waals surface area contributed by atoms with Crippen molar-refractivity contribution in [3.8, 4) is 0 Å². The van der Waals surface area contributed by atoms with Crippen LogP contribution in [0.3, 0.4) is 0 Å². The van der Waals surface area contributed by atoms with E-state index in [-0.39, 0.29) is 22.9 Å². The summed E-state index contributed by atoms with van der Waals surface area (Å²) in [7, 11) is 1.92. The van der Waals surface area contributed by atoms with Crippen LogP contribution in [-0.2, 0) is 0 Å².